The smallest absolute Gasteiger partial charge is 0.415 e. The molecule has 2 fully saturated rings. The summed E-state index contributed by atoms with van der Waals surface area (Å²) in [6.07, 6.45) is 6.01. The summed E-state index contributed by atoms with van der Waals surface area (Å²) >= 11 is 0. The molecule has 2 aliphatic heterocycles. The highest BCUT2D eigenvalue weighted by atomic mass is 19.1. The first kappa shape index (κ1) is 23.5. The van der Waals surface area contributed by atoms with E-state index in [0.29, 0.717) is 38.0 Å². The van der Waals surface area contributed by atoms with Crippen molar-refractivity contribution in [3.05, 3.63) is 52.9 Å². The fraction of sp³-hybridized carbons (Fsp3) is 0.500. The number of hydrogen-bond donors (Lipinski definition) is 1. The number of ether oxygens (including phenoxy) is 1. The molecule has 35 heavy (non-hydrogen) atoms. The summed E-state index contributed by atoms with van der Waals surface area (Å²) in [5.74, 6) is -1.00. The number of unbranched alkanes of at least 4 members (excludes halogenated alkanes) is 1. The molecule has 2 saturated heterocycles. The first-order valence-corrected chi connectivity index (χ1v) is 12.3. The lowest BCUT2D eigenvalue weighted by Crippen LogP contribution is -2.46. The monoisotopic (exact) mass is 482 g/mol. The number of halogens is 1. The number of hydrogen-bond acceptors (Lipinski definition) is 5. The van der Waals surface area contributed by atoms with Crippen LogP contribution in [0.5, 0.6) is 0 Å². The second kappa shape index (κ2) is 9.45. The number of anilines is 1. The van der Waals surface area contributed by atoms with Crippen molar-refractivity contribution in [2.24, 2.45) is 0 Å². The second-order valence-corrected chi connectivity index (χ2v) is 9.73. The normalized spacial score (nSPS) is 21.4. The third-order valence-corrected chi connectivity index (χ3v) is 7.30. The Balaban J connectivity index is 1.24. The number of carboxylic acid groups (broad SMARTS) is 1. The Hall–Kier alpha value is -3.20. The lowest BCUT2D eigenvalue weighted by Gasteiger charge is -2.37. The molecule has 1 amide bonds. The number of allylic oxidation sites excluding steroid dienone is 1. The zero-order chi connectivity index (χ0) is 24.6. The molecular formula is C26H31FN4O4. The van der Waals surface area contributed by atoms with Crippen molar-refractivity contribution in [2.75, 3.05) is 24.5 Å². The Morgan fingerprint density at radius 1 is 1.26 bits per heavy atom. The summed E-state index contributed by atoms with van der Waals surface area (Å²) in [6.45, 7) is 5.60. The summed E-state index contributed by atoms with van der Waals surface area (Å²) in [6, 6.07) is 6.28. The molecule has 1 aliphatic carbocycles. The summed E-state index contributed by atoms with van der Waals surface area (Å²) in [5.41, 5.74) is 3.26. The van der Waals surface area contributed by atoms with Gasteiger partial charge in [0.05, 0.1) is 23.5 Å². The van der Waals surface area contributed by atoms with Crippen molar-refractivity contribution in [1.29, 1.82) is 0 Å². The minimum absolute atomic E-state index is 0.179. The molecule has 9 heteroatoms. The second-order valence-electron chi connectivity index (χ2n) is 9.73. The van der Waals surface area contributed by atoms with E-state index >= 15 is 0 Å². The van der Waals surface area contributed by atoms with Gasteiger partial charge in [-0.3, -0.25) is 14.5 Å². The van der Waals surface area contributed by atoms with Gasteiger partial charge in [-0.2, -0.15) is 5.10 Å². The van der Waals surface area contributed by atoms with E-state index in [0.717, 1.165) is 49.4 Å². The van der Waals surface area contributed by atoms with Gasteiger partial charge in [-0.1, -0.05) is 13.3 Å². The number of fused-ring (bicyclic) bond motifs is 1. The van der Waals surface area contributed by atoms with E-state index in [1.807, 2.05) is 10.8 Å². The Labute approximate surface area is 204 Å². The minimum atomic E-state index is -1.00. The Kier molecular flexibility index (Phi) is 6.35. The summed E-state index contributed by atoms with van der Waals surface area (Å²) in [4.78, 5) is 27.6. The maximum Gasteiger partial charge on any atom is 0.415 e. The van der Waals surface area contributed by atoms with Gasteiger partial charge < -0.3 is 9.84 Å². The van der Waals surface area contributed by atoms with Crippen molar-refractivity contribution < 1.29 is 23.8 Å². The van der Waals surface area contributed by atoms with E-state index in [4.69, 9.17) is 14.9 Å². The van der Waals surface area contributed by atoms with Gasteiger partial charge in [-0.05, 0) is 42.8 Å². The summed E-state index contributed by atoms with van der Waals surface area (Å²) < 4.78 is 22.0. The molecule has 186 valence electrons. The van der Waals surface area contributed by atoms with Gasteiger partial charge in [-0.15, -0.1) is 0 Å². The minimum Gasteiger partial charge on any atom is -0.478 e. The van der Waals surface area contributed by atoms with Gasteiger partial charge in [0.15, 0.2) is 0 Å². The number of nitrogens with zero attached hydrogens (tertiary/aromatic N) is 4. The molecule has 8 nitrogen and oxygen atoms in total. The van der Waals surface area contributed by atoms with E-state index in [2.05, 4.69) is 11.8 Å². The average molecular weight is 483 g/mol. The Morgan fingerprint density at radius 3 is 2.69 bits per heavy atom. The zero-order valence-corrected chi connectivity index (χ0v) is 20.0. The molecule has 3 aliphatic rings. The fourth-order valence-corrected chi connectivity index (χ4v) is 5.23. The lowest BCUT2D eigenvalue weighted by molar-refractivity contribution is -0.00133. The quantitative estimate of drug-likeness (QED) is 0.634. The highest BCUT2D eigenvalue weighted by Gasteiger charge is 2.47. The predicted molar refractivity (Wildman–Crippen MR) is 129 cm³/mol. The number of amides is 1. The lowest BCUT2D eigenvalue weighted by atomic mass is 9.91. The van der Waals surface area contributed by atoms with E-state index in [-0.39, 0.29) is 5.56 Å². The first-order valence-electron chi connectivity index (χ1n) is 12.3. The van der Waals surface area contributed by atoms with Crippen LogP contribution in [0.2, 0.25) is 0 Å². The number of benzene rings is 1. The van der Waals surface area contributed by atoms with Gasteiger partial charge in [0.2, 0.25) is 0 Å². The maximum atomic E-state index is 14.1. The van der Waals surface area contributed by atoms with Gasteiger partial charge in [-0.25, -0.2) is 14.0 Å². The number of carboxylic acids is 1. The molecule has 1 unspecified atom stereocenters. The van der Waals surface area contributed by atoms with Gasteiger partial charge in [0, 0.05) is 56.7 Å². The molecule has 1 N–H and O–H groups in total. The topological polar surface area (TPSA) is 87.9 Å². The number of piperidine rings is 1. The number of carbonyl (C=O) groups excluding carboxylic acids is 1. The van der Waals surface area contributed by atoms with Crippen LogP contribution in [0.4, 0.5) is 14.9 Å². The zero-order valence-electron chi connectivity index (χ0n) is 20.0. The van der Waals surface area contributed by atoms with Gasteiger partial charge >= 0.3 is 12.1 Å². The van der Waals surface area contributed by atoms with Crippen LogP contribution in [0.3, 0.4) is 0 Å². The number of rotatable bonds is 7. The van der Waals surface area contributed by atoms with Crippen LogP contribution in [-0.4, -0.2) is 63.3 Å². The van der Waals surface area contributed by atoms with E-state index in [1.54, 1.807) is 23.1 Å². The maximum absolute atomic E-state index is 14.1. The van der Waals surface area contributed by atoms with Crippen molar-refractivity contribution in [3.63, 3.8) is 0 Å². The van der Waals surface area contributed by atoms with Gasteiger partial charge in [0.1, 0.15) is 11.8 Å². The third-order valence-electron chi connectivity index (χ3n) is 7.30. The molecule has 1 spiro atoms. The Bertz CT molecular complexity index is 1130. The third kappa shape index (κ3) is 4.69. The van der Waals surface area contributed by atoms with Crippen LogP contribution in [0.25, 0.3) is 6.08 Å². The molecule has 3 heterocycles. The number of aromatic carboxylic acids is 1. The van der Waals surface area contributed by atoms with Crippen molar-refractivity contribution in [2.45, 2.75) is 63.9 Å². The molecule has 0 bridgehead atoms. The standard InChI is InChI=1S/C26H31FN4O4/c1-2-3-12-31-23-9-6-19(27)15-21(23)22(28-31)16-29-13-10-26(11-14-29)17-30(25(34)35-26)20-7-4-18(5-8-20)24(32)33/h4-9,19H,2-3,10-17H2,1H3,(H,32,33). The van der Waals surface area contributed by atoms with Crippen LogP contribution in [0.15, 0.2) is 30.3 Å². The number of aryl methyl sites for hydroxylation is 1. The molecule has 2 aromatic rings. The number of likely N-dealkylation sites (tertiary alicyclic amines) is 1. The number of aromatic nitrogens is 2. The largest absolute Gasteiger partial charge is 0.478 e. The molecule has 1 aromatic carbocycles. The van der Waals surface area contributed by atoms with Crippen LogP contribution in [0.1, 0.15) is 59.9 Å². The Morgan fingerprint density at radius 2 is 2.00 bits per heavy atom. The van der Waals surface area contributed by atoms with Crippen LogP contribution < -0.4 is 4.90 Å². The van der Waals surface area contributed by atoms with Crippen molar-refractivity contribution >= 4 is 23.8 Å². The van der Waals surface area contributed by atoms with Crippen LogP contribution >= 0.6 is 0 Å². The molecule has 5 rings (SSSR count). The highest BCUT2D eigenvalue weighted by molar-refractivity contribution is 5.92. The van der Waals surface area contributed by atoms with Crippen molar-refractivity contribution in [1.82, 2.24) is 14.7 Å². The first-order chi connectivity index (χ1) is 16.9. The molecule has 0 saturated carbocycles. The molecule has 1 aromatic heterocycles. The van der Waals surface area contributed by atoms with Crippen molar-refractivity contribution in [3.8, 4) is 0 Å². The van der Waals surface area contributed by atoms with E-state index in [1.165, 1.54) is 12.1 Å². The predicted octanol–water partition coefficient (Wildman–Crippen LogP) is 4.28. The summed E-state index contributed by atoms with van der Waals surface area (Å²) in [7, 11) is 0. The van der Waals surface area contributed by atoms with E-state index in [9.17, 15) is 14.0 Å². The fourth-order valence-electron chi connectivity index (χ4n) is 5.23. The van der Waals surface area contributed by atoms with Gasteiger partial charge in [0.25, 0.3) is 0 Å². The average Bonchev–Trinajstić information content (AvgIpc) is 3.36. The van der Waals surface area contributed by atoms with E-state index < -0.39 is 23.8 Å². The number of carbonyl (C=O) groups is 2. The summed E-state index contributed by atoms with van der Waals surface area (Å²) in [5, 5.41) is 14.0. The molecule has 0 radical (unpaired) electrons. The highest BCUT2D eigenvalue weighted by Crippen LogP contribution is 2.36. The number of alkyl halides is 1. The van der Waals surface area contributed by atoms with Crippen LogP contribution in [-0.2, 0) is 24.2 Å². The molecule has 1 atom stereocenters. The molecular weight excluding hydrogens is 451 g/mol. The SMILES string of the molecule is CCCCn1nc(CN2CCC3(CC2)CN(c2ccc(C(=O)O)cc2)C(=O)O3)c2c1C=CC(F)C2. The van der Waals surface area contributed by atoms with Crippen LogP contribution in [0, 0.1) is 0 Å².